The van der Waals surface area contributed by atoms with Crippen LogP contribution in [0.2, 0.25) is 0 Å². The number of carbonyl (C=O) groups is 1. The molecule has 2 aromatic carbocycles. The summed E-state index contributed by atoms with van der Waals surface area (Å²) >= 11 is 0. The summed E-state index contributed by atoms with van der Waals surface area (Å²) in [6.07, 6.45) is -4.48. The van der Waals surface area contributed by atoms with Gasteiger partial charge >= 0.3 is 12.2 Å². The van der Waals surface area contributed by atoms with Crippen LogP contribution in [0.15, 0.2) is 60.3 Å². The molecule has 0 atom stereocenters. The van der Waals surface area contributed by atoms with Gasteiger partial charge in [-0.2, -0.15) is 13.2 Å². The lowest BCUT2D eigenvalue weighted by Crippen LogP contribution is -2.40. The van der Waals surface area contributed by atoms with Gasteiger partial charge in [0.2, 0.25) is 0 Å². The summed E-state index contributed by atoms with van der Waals surface area (Å²) < 4.78 is 46.3. The van der Waals surface area contributed by atoms with Crippen LogP contribution in [0, 0.1) is 0 Å². The smallest absolute Gasteiger partial charge is 0.306 e. The number of halogens is 3. The number of allylic oxidation sites excluding steroid dienone is 1. The Morgan fingerprint density at radius 2 is 2.04 bits per heavy atom. The number of urea groups is 1. The number of hydrazine groups is 1. The van der Waals surface area contributed by atoms with Gasteiger partial charge < -0.3 is 5.32 Å². The molecule has 2 N–H and O–H groups in total. The SMILES string of the molecule is [2H]c1ccccc1C1=C(C)NN(C(=O)Nc2cccc(C(F)(F)F)c2)C1. The number of amides is 2. The zero-order valence-corrected chi connectivity index (χ0v) is 13.3. The molecule has 0 aromatic heterocycles. The predicted molar refractivity (Wildman–Crippen MR) is 89.3 cm³/mol. The van der Waals surface area contributed by atoms with Gasteiger partial charge in [-0.15, -0.1) is 0 Å². The molecule has 1 aliphatic rings. The van der Waals surface area contributed by atoms with Crippen LogP contribution in [-0.4, -0.2) is 17.6 Å². The fourth-order valence-corrected chi connectivity index (χ4v) is 2.54. The Morgan fingerprint density at radius 1 is 1.24 bits per heavy atom. The van der Waals surface area contributed by atoms with Crippen molar-refractivity contribution in [2.45, 2.75) is 13.1 Å². The number of carbonyl (C=O) groups excluding carboxylic acids is 1. The largest absolute Gasteiger partial charge is 0.416 e. The zero-order valence-electron chi connectivity index (χ0n) is 14.3. The van der Waals surface area contributed by atoms with E-state index in [0.29, 0.717) is 17.3 Å². The van der Waals surface area contributed by atoms with E-state index in [1.54, 1.807) is 31.2 Å². The molecule has 7 heteroatoms. The molecule has 25 heavy (non-hydrogen) atoms. The van der Waals surface area contributed by atoms with Gasteiger partial charge in [0, 0.05) is 17.0 Å². The van der Waals surface area contributed by atoms with Crippen molar-refractivity contribution in [3.8, 4) is 0 Å². The van der Waals surface area contributed by atoms with E-state index in [1.165, 1.54) is 17.1 Å². The molecule has 0 aliphatic carbocycles. The van der Waals surface area contributed by atoms with Crippen LogP contribution in [0.3, 0.4) is 0 Å². The van der Waals surface area contributed by atoms with E-state index < -0.39 is 17.8 Å². The average molecular weight is 348 g/mol. The van der Waals surface area contributed by atoms with Gasteiger partial charge in [0.1, 0.15) is 0 Å². The first kappa shape index (κ1) is 15.6. The minimum Gasteiger partial charge on any atom is -0.306 e. The van der Waals surface area contributed by atoms with Gasteiger partial charge in [-0.3, -0.25) is 5.43 Å². The fourth-order valence-electron chi connectivity index (χ4n) is 2.54. The first-order chi connectivity index (χ1) is 12.3. The summed E-state index contributed by atoms with van der Waals surface area (Å²) in [4.78, 5) is 12.4. The lowest BCUT2D eigenvalue weighted by atomic mass is 10.1. The molecule has 3 rings (SSSR count). The highest BCUT2D eigenvalue weighted by Crippen LogP contribution is 2.31. The van der Waals surface area contributed by atoms with Crippen molar-refractivity contribution in [1.82, 2.24) is 10.4 Å². The van der Waals surface area contributed by atoms with E-state index in [9.17, 15) is 18.0 Å². The minimum atomic E-state index is -4.48. The molecular formula is C18H16F3N3O. The van der Waals surface area contributed by atoms with Crippen molar-refractivity contribution in [2.75, 3.05) is 11.9 Å². The molecule has 0 saturated carbocycles. The van der Waals surface area contributed by atoms with Crippen molar-refractivity contribution in [2.24, 2.45) is 0 Å². The number of benzene rings is 2. The van der Waals surface area contributed by atoms with Crippen molar-refractivity contribution >= 4 is 17.3 Å². The van der Waals surface area contributed by atoms with E-state index in [2.05, 4.69) is 10.7 Å². The Morgan fingerprint density at radius 3 is 2.76 bits per heavy atom. The van der Waals surface area contributed by atoms with Crippen molar-refractivity contribution < 1.29 is 19.3 Å². The maximum Gasteiger partial charge on any atom is 0.416 e. The molecule has 4 nitrogen and oxygen atoms in total. The van der Waals surface area contributed by atoms with Gasteiger partial charge in [-0.05, 0) is 30.7 Å². The van der Waals surface area contributed by atoms with Gasteiger partial charge in [0.25, 0.3) is 0 Å². The number of anilines is 1. The maximum atomic E-state index is 12.8. The summed E-state index contributed by atoms with van der Waals surface area (Å²) in [7, 11) is 0. The summed E-state index contributed by atoms with van der Waals surface area (Å²) in [6, 6.07) is 11.2. The predicted octanol–water partition coefficient (Wildman–Crippen LogP) is 4.49. The molecule has 0 fully saturated rings. The van der Waals surface area contributed by atoms with Gasteiger partial charge in [0.05, 0.1) is 13.5 Å². The van der Waals surface area contributed by atoms with E-state index in [-0.39, 0.29) is 12.2 Å². The Balaban J connectivity index is 1.72. The van der Waals surface area contributed by atoms with Crippen molar-refractivity contribution in [3.05, 3.63) is 71.4 Å². The van der Waals surface area contributed by atoms with Crippen LogP contribution in [0.25, 0.3) is 5.57 Å². The van der Waals surface area contributed by atoms with E-state index in [4.69, 9.17) is 1.37 Å². The Labute approximate surface area is 144 Å². The molecular weight excluding hydrogens is 331 g/mol. The van der Waals surface area contributed by atoms with Crippen molar-refractivity contribution in [3.63, 3.8) is 0 Å². The summed E-state index contributed by atoms with van der Waals surface area (Å²) in [6.45, 7) is 1.98. The monoisotopic (exact) mass is 348 g/mol. The molecule has 2 aromatic rings. The summed E-state index contributed by atoms with van der Waals surface area (Å²) in [5.74, 6) is 0. The molecule has 0 radical (unpaired) electrons. The van der Waals surface area contributed by atoms with Gasteiger partial charge in [-0.1, -0.05) is 36.4 Å². The third kappa shape index (κ3) is 3.76. The van der Waals surface area contributed by atoms with E-state index in [0.717, 1.165) is 17.7 Å². The first-order valence-electron chi connectivity index (χ1n) is 8.04. The molecule has 2 amide bonds. The second-order valence-electron chi connectivity index (χ2n) is 5.59. The normalized spacial score (nSPS) is 15.0. The van der Waals surface area contributed by atoms with Gasteiger partial charge in [-0.25, -0.2) is 9.80 Å². The number of hydrogen-bond acceptors (Lipinski definition) is 2. The van der Waals surface area contributed by atoms with E-state index in [1.807, 2.05) is 0 Å². The number of nitrogens with zero attached hydrogens (tertiary/aromatic N) is 1. The quantitative estimate of drug-likeness (QED) is 0.840. The number of nitrogens with one attached hydrogen (secondary N) is 2. The Kier molecular flexibility index (Phi) is 4.05. The highest BCUT2D eigenvalue weighted by atomic mass is 19.4. The topological polar surface area (TPSA) is 44.4 Å². The fraction of sp³-hybridized carbons (Fsp3) is 0.167. The van der Waals surface area contributed by atoms with E-state index >= 15 is 0 Å². The first-order valence-corrected chi connectivity index (χ1v) is 7.54. The number of rotatable bonds is 2. The van der Waals surface area contributed by atoms with Crippen LogP contribution in [-0.2, 0) is 6.18 Å². The number of alkyl halides is 3. The second-order valence-corrected chi connectivity index (χ2v) is 5.59. The van der Waals surface area contributed by atoms with Crippen LogP contribution >= 0.6 is 0 Å². The molecule has 0 unspecified atom stereocenters. The number of hydrogen-bond donors (Lipinski definition) is 2. The average Bonchev–Trinajstić information content (AvgIpc) is 2.97. The summed E-state index contributed by atoms with van der Waals surface area (Å²) in [5.41, 5.74) is 4.31. The standard InChI is InChI=1S/C18H16F3N3O/c1-12-16(13-6-3-2-4-7-13)11-24(23-12)17(25)22-15-9-5-8-14(10-15)18(19,20)21/h2-10,23H,11H2,1H3,(H,22,25)/i6D. The molecule has 0 spiro atoms. The van der Waals surface area contributed by atoms with Crippen LogP contribution in [0.4, 0.5) is 23.7 Å². The van der Waals surface area contributed by atoms with Gasteiger partial charge in [0.15, 0.2) is 0 Å². The molecule has 1 heterocycles. The Hall–Kier alpha value is -2.96. The maximum absolute atomic E-state index is 12.8. The third-order valence-electron chi connectivity index (χ3n) is 3.79. The highest BCUT2D eigenvalue weighted by Gasteiger charge is 2.31. The second kappa shape index (κ2) is 6.51. The zero-order chi connectivity index (χ0) is 18.9. The molecule has 1 aliphatic heterocycles. The molecule has 0 bridgehead atoms. The summed E-state index contributed by atoms with van der Waals surface area (Å²) in [5, 5.41) is 3.72. The third-order valence-corrected chi connectivity index (χ3v) is 3.79. The van der Waals surface area contributed by atoms with Crippen LogP contribution in [0.5, 0.6) is 0 Å². The highest BCUT2D eigenvalue weighted by molar-refractivity contribution is 5.91. The van der Waals surface area contributed by atoms with Crippen LogP contribution in [0.1, 0.15) is 19.4 Å². The lowest BCUT2D eigenvalue weighted by Gasteiger charge is -2.19. The Bertz CT molecular complexity index is 880. The molecule has 130 valence electrons. The van der Waals surface area contributed by atoms with Crippen LogP contribution < -0.4 is 10.7 Å². The minimum absolute atomic E-state index is 0.0543. The lowest BCUT2D eigenvalue weighted by molar-refractivity contribution is -0.137. The molecule has 0 saturated heterocycles. The van der Waals surface area contributed by atoms with Crippen molar-refractivity contribution in [1.29, 1.82) is 0 Å².